The highest BCUT2D eigenvalue weighted by Crippen LogP contribution is 2.45. The van der Waals surface area contributed by atoms with E-state index in [0.29, 0.717) is 21.5 Å². The van der Waals surface area contributed by atoms with Crippen LogP contribution in [0.3, 0.4) is 0 Å². The van der Waals surface area contributed by atoms with Crippen LogP contribution >= 0.6 is 35.0 Å². The number of anilines is 1. The second-order valence-electron chi connectivity index (χ2n) is 6.50. The predicted molar refractivity (Wildman–Crippen MR) is 116 cm³/mol. The van der Waals surface area contributed by atoms with Gasteiger partial charge < -0.3 is 4.74 Å². The smallest absolute Gasteiger partial charge is 0.238 e. The molecule has 0 aromatic heterocycles. The van der Waals surface area contributed by atoms with Crippen molar-refractivity contribution in [2.24, 2.45) is 0 Å². The summed E-state index contributed by atoms with van der Waals surface area (Å²) in [6, 6.07) is 18.7. The number of hydrogen-bond acceptors (Lipinski definition) is 3. The van der Waals surface area contributed by atoms with Gasteiger partial charge in [-0.2, -0.15) is 0 Å². The van der Waals surface area contributed by atoms with Crippen molar-refractivity contribution in [2.45, 2.75) is 12.0 Å². The maximum atomic E-state index is 13.1. The number of nitrogens with zero attached hydrogens (tertiary/aromatic N) is 1. The van der Waals surface area contributed by atoms with Crippen molar-refractivity contribution in [3.8, 4) is 5.75 Å². The highest BCUT2D eigenvalue weighted by Gasteiger charge is 2.36. The molecule has 148 valence electrons. The number of carbonyl (C=O) groups is 1. The Bertz CT molecular complexity index is 1030. The molecule has 1 amide bonds. The van der Waals surface area contributed by atoms with Crippen molar-refractivity contribution < 1.29 is 13.9 Å². The van der Waals surface area contributed by atoms with E-state index < -0.39 is 0 Å². The molecule has 0 spiro atoms. The van der Waals surface area contributed by atoms with Gasteiger partial charge in [0.25, 0.3) is 0 Å². The number of rotatable bonds is 5. The van der Waals surface area contributed by atoms with Gasteiger partial charge in [0, 0.05) is 21.3 Å². The predicted octanol–water partition coefficient (Wildman–Crippen LogP) is 6.49. The Morgan fingerprint density at radius 1 is 1.00 bits per heavy atom. The number of ether oxygens (including phenoxy) is 1. The standard InChI is InChI=1S/C22H16Cl2FNO2S/c23-15-3-8-18(9-4-15)26-21(27)13-29-22(26)19-11-16(24)5-10-20(19)28-12-14-1-6-17(25)7-2-14/h1-11,22H,12-13H2/t22-/m1/s1. The van der Waals surface area contributed by atoms with Gasteiger partial charge in [0.1, 0.15) is 23.5 Å². The van der Waals surface area contributed by atoms with Crippen LogP contribution in [0, 0.1) is 5.82 Å². The Kier molecular flexibility index (Phi) is 5.99. The van der Waals surface area contributed by atoms with E-state index in [2.05, 4.69) is 0 Å². The van der Waals surface area contributed by atoms with E-state index in [-0.39, 0.29) is 23.7 Å². The number of halogens is 3. The maximum Gasteiger partial charge on any atom is 0.238 e. The molecule has 1 aliphatic heterocycles. The van der Waals surface area contributed by atoms with Crippen LogP contribution in [0.2, 0.25) is 10.0 Å². The molecule has 1 fully saturated rings. The number of benzene rings is 3. The van der Waals surface area contributed by atoms with Gasteiger partial charge in [0.2, 0.25) is 5.91 Å². The van der Waals surface area contributed by atoms with Crippen LogP contribution in [0.15, 0.2) is 66.7 Å². The van der Waals surface area contributed by atoms with Crippen LogP contribution in [-0.2, 0) is 11.4 Å². The number of thioether (sulfide) groups is 1. The molecule has 0 bridgehead atoms. The minimum atomic E-state index is -0.291. The minimum absolute atomic E-state index is 0.00628. The zero-order valence-electron chi connectivity index (χ0n) is 15.1. The zero-order chi connectivity index (χ0) is 20.4. The summed E-state index contributed by atoms with van der Waals surface area (Å²) in [5.41, 5.74) is 2.42. The van der Waals surface area contributed by atoms with E-state index in [4.69, 9.17) is 27.9 Å². The molecule has 29 heavy (non-hydrogen) atoms. The fourth-order valence-corrected chi connectivity index (χ4v) is 4.62. The summed E-state index contributed by atoms with van der Waals surface area (Å²) in [5, 5.41) is 0.895. The molecule has 0 radical (unpaired) electrons. The maximum absolute atomic E-state index is 13.1. The van der Waals surface area contributed by atoms with Crippen molar-refractivity contribution >= 4 is 46.6 Å². The average molecular weight is 448 g/mol. The molecule has 1 atom stereocenters. The summed E-state index contributed by atoms with van der Waals surface area (Å²) in [5.74, 6) is 0.703. The van der Waals surface area contributed by atoms with Crippen molar-refractivity contribution in [3.05, 3.63) is 93.7 Å². The van der Waals surface area contributed by atoms with Gasteiger partial charge in [0.15, 0.2) is 0 Å². The highest BCUT2D eigenvalue weighted by atomic mass is 35.5. The first kappa shape index (κ1) is 20.1. The van der Waals surface area contributed by atoms with E-state index in [1.807, 2.05) is 18.2 Å². The van der Waals surface area contributed by atoms with Crippen LogP contribution in [0.1, 0.15) is 16.5 Å². The molecule has 3 aromatic rings. The topological polar surface area (TPSA) is 29.5 Å². The van der Waals surface area contributed by atoms with Gasteiger partial charge in [-0.1, -0.05) is 35.3 Å². The summed E-state index contributed by atoms with van der Waals surface area (Å²) >= 11 is 13.8. The molecule has 0 aliphatic carbocycles. The van der Waals surface area contributed by atoms with Crippen molar-refractivity contribution in [2.75, 3.05) is 10.7 Å². The normalized spacial score (nSPS) is 16.3. The molecule has 3 nitrogen and oxygen atoms in total. The molecular weight excluding hydrogens is 432 g/mol. The fourth-order valence-electron chi connectivity index (χ4n) is 3.12. The van der Waals surface area contributed by atoms with Crippen molar-refractivity contribution in [1.29, 1.82) is 0 Å². The number of carbonyl (C=O) groups excluding carboxylic acids is 1. The SMILES string of the molecule is O=C1CS[C@H](c2cc(Cl)ccc2OCc2ccc(F)cc2)N1c1ccc(Cl)cc1. The fraction of sp³-hybridized carbons (Fsp3) is 0.136. The lowest BCUT2D eigenvalue weighted by molar-refractivity contribution is -0.115. The molecular formula is C22H16Cl2FNO2S. The Balaban J connectivity index is 1.64. The lowest BCUT2D eigenvalue weighted by atomic mass is 10.1. The third-order valence-electron chi connectivity index (χ3n) is 4.52. The van der Waals surface area contributed by atoms with Gasteiger partial charge in [-0.3, -0.25) is 9.69 Å². The average Bonchev–Trinajstić information content (AvgIpc) is 3.10. The Hall–Kier alpha value is -2.21. The Morgan fingerprint density at radius 2 is 1.69 bits per heavy atom. The molecule has 1 saturated heterocycles. The van der Waals surface area contributed by atoms with E-state index >= 15 is 0 Å². The molecule has 4 rings (SSSR count). The second kappa shape index (κ2) is 8.66. The van der Waals surface area contributed by atoms with Crippen LogP contribution < -0.4 is 9.64 Å². The summed E-state index contributed by atoms with van der Waals surface area (Å²) in [7, 11) is 0. The Morgan fingerprint density at radius 3 is 2.41 bits per heavy atom. The molecule has 0 saturated carbocycles. The zero-order valence-corrected chi connectivity index (χ0v) is 17.5. The minimum Gasteiger partial charge on any atom is -0.489 e. The molecule has 3 aromatic carbocycles. The van der Waals surface area contributed by atoms with Gasteiger partial charge in [-0.25, -0.2) is 4.39 Å². The Labute approximate surface area is 182 Å². The molecule has 7 heteroatoms. The largest absolute Gasteiger partial charge is 0.489 e. The van der Waals surface area contributed by atoms with Crippen molar-refractivity contribution in [3.63, 3.8) is 0 Å². The lowest BCUT2D eigenvalue weighted by Crippen LogP contribution is -2.28. The summed E-state index contributed by atoms with van der Waals surface area (Å²) in [4.78, 5) is 14.3. The highest BCUT2D eigenvalue weighted by molar-refractivity contribution is 8.00. The van der Waals surface area contributed by atoms with Gasteiger partial charge in [-0.15, -0.1) is 11.8 Å². The first-order valence-electron chi connectivity index (χ1n) is 8.87. The van der Waals surface area contributed by atoms with Crippen LogP contribution in [0.25, 0.3) is 0 Å². The second-order valence-corrected chi connectivity index (χ2v) is 8.44. The van der Waals surface area contributed by atoms with E-state index in [1.165, 1.54) is 23.9 Å². The third-order valence-corrected chi connectivity index (χ3v) is 6.20. The van der Waals surface area contributed by atoms with E-state index in [0.717, 1.165) is 16.8 Å². The summed E-state index contributed by atoms with van der Waals surface area (Å²) in [6.45, 7) is 0.279. The van der Waals surface area contributed by atoms with Crippen LogP contribution in [-0.4, -0.2) is 11.7 Å². The molecule has 1 heterocycles. The van der Waals surface area contributed by atoms with Gasteiger partial charge >= 0.3 is 0 Å². The van der Waals surface area contributed by atoms with Crippen molar-refractivity contribution in [1.82, 2.24) is 0 Å². The third kappa shape index (κ3) is 4.53. The molecule has 0 N–H and O–H groups in total. The molecule has 1 aliphatic rings. The number of amides is 1. The van der Waals surface area contributed by atoms with Gasteiger partial charge in [0.05, 0.1) is 5.75 Å². The van der Waals surface area contributed by atoms with Crippen LogP contribution in [0.4, 0.5) is 10.1 Å². The van der Waals surface area contributed by atoms with Gasteiger partial charge in [-0.05, 0) is 60.2 Å². The monoisotopic (exact) mass is 447 g/mol. The lowest BCUT2D eigenvalue weighted by Gasteiger charge is -2.26. The number of hydrogen-bond donors (Lipinski definition) is 0. The summed E-state index contributed by atoms with van der Waals surface area (Å²) in [6.07, 6.45) is 0. The first-order chi connectivity index (χ1) is 14.0. The van der Waals surface area contributed by atoms with E-state index in [9.17, 15) is 9.18 Å². The first-order valence-corrected chi connectivity index (χ1v) is 10.7. The quantitative estimate of drug-likeness (QED) is 0.447. The van der Waals surface area contributed by atoms with Crippen LogP contribution in [0.5, 0.6) is 5.75 Å². The summed E-state index contributed by atoms with van der Waals surface area (Å²) < 4.78 is 19.1. The van der Waals surface area contributed by atoms with E-state index in [1.54, 1.807) is 41.3 Å². The molecule has 0 unspecified atom stereocenters.